The first kappa shape index (κ1) is 5.35. The first-order valence-corrected chi connectivity index (χ1v) is 2.45. The van der Waals surface area contributed by atoms with Crippen LogP contribution < -0.4 is 0 Å². The van der Waals surface area contributed by atoms with E-state index in [4.69, 9.17) is 5.11 Å². The Morgan fingerprint density at radius 1 is 2.00 bits per heavy atom. The zero-order valence-electron chi connectivity index (χ0n) is 3.10. The zero-order chi connectivity index (χ0) is 4.28. The van der Waals surface area contributed by atoms with Gasteiger partial charge in [0.2, 0.25) is 0 Å². The molecule has 1 radical (unpaired) electrons. The summed E-state index contributed by atoms with van der Waals surface area (Å²) in [5, 5.41) is 8.25. The van der Waals surface area contributed by atoms with Crippen LogP contribution in [-0.4, -0.2) is 25.3 Å². The van der Waals surface area contributed by atoms with Crippen molar-refractivity contribution in [3.8, 4) is 0 Å². The van der Waals surface area contributed by atoms with E-state index in [1.807, 2.05) is 6.92 Å². The van der Waals surface area contributed by atoms with Crippen LogP contribution in [0.1, 0.15) is 13.3 Å². The maximum atomic E-state index is 8.25. The summed E-state index contributed by atoms with van der Waals surface area (Å²) in [6.45, 7) is 1.90. The normalized spacial score (nSPS) is 7.60. The van der Waals surface area contributed by atoms with Crippen molar-refractivity contribution in [2.24, 2.45) is 0 Å². The van der Waals surface area contributed by atoms with Gasteiger partial charge in [0.25, 0.3) is 0 Å². The molecule has 0 bridgehead atoms. The Hall–Kier alpha value is 0.349. The molecule has 0 atom stereocenters. The molecule has 0 amide bonds. The summed E-state index contributed by atoms with van der Waals surface area (Å²) in [6.07, 6.45) is 0.750. The third-order valence-electron chi connectivity index (χ3n) is 0.316. The van der Waals surface area contributed by atoms with E-state index in [1.165, 1.54) is 0 Å². The van der Waals surface area contributed by atoms with Crippen LogP contribution in [0.15, 0.2) is 0 Å². The van der Waals surface area contributed by atoms with Crippen LogP contribution in [0.5, 0.6) is 0 Å². The van der Waals surface area contributed by atoms with Gasteiger partial charge in [0.1, 0.15) is 0 Å². The molecule has 0 aliphatic rings. The third-order valence-corrected chi connectivity index (χ3v) is 0.980. The molecule has 0 spiro atoms. The van der Waals surface area contributed by atoms with Gasteiger partial charge in [0.15, 0.2) is 0 Å². The Morgan fingerprint density at radius 3 is 2.20 bits per heavy atom. The average molecular weight is 138 g/mol. The number of rotatable bonds is 1. The van der Waals surface area contributed by atoms with E-state index in [2.05, 4.69) is 15.6 Å². The molecule has 2 heteroatoms. The summed E-state index contributed by atoms with van der Waals surface area (Å²) < 4.78 is 0.442. The van der Waals surface area contributed by atoms with Crippen LogP contribution in [0, 0.1) is 0 Å². The van der Waals surface area contributed by atoms with E-state index in [1.54, 1.807) is 0 Å². The predicted molar refractivity (Wildman–Crippen MR) is 24.4 cm³/mol. The van der Waals surface area contributed by atoms with Gasteiger partial charge in [-0.05, 0) is 0 Å². The number of aliphatic hydroxyl groups is 1. The summed E-state index contributed by atoms with van der Waals surface area (Å²) >= 11 is 2.08. The molecule has 5 heavy (non-hydrogen) atoms. The van der Waals surface area contributed by atoms with Gasteiger partial charge in [-0.3, -0.25) is 0 Å². The Balaban J connectivity index is 2.85. The molecule has 0 unspecified atom stereocenters. The Bertz CT molecular complexity index is 42.2. The van der Waals surface area contributed by atoms with Crippen molar-refractivity contribution in [2.45, 2.75) is 13.3 Å². The molecule has 0 rings (SSSR count). The van der Waals surface area contributed by atoms with Gasteiger partial charge in [-0.2, -0.15) is 0 Å². The molecule has 1 nitrogen and oxygen atoms in total. The quantitative estimate of drug-likeness (QED) is 0.497. The fraction of sp³-hybridized carbons (Fsp3) is 0.667. The molecule has 0 aromatic carbocycles. The standard InChI is InChI=1S/C3H7OSe/c1-2-3(4)5/h4-5H,2H2,1H3. The molecule has 1 N–H and O–H groups in total. The second-order valence-electron chi connectivity index (χ2n) is 0.770. The third kappa shape index (κ3) is 4.35. The second kappa shape index (κ2) is 2.58. The van der Waals surface area contributed by atoms with Crippen LogP contribution in [0.3, 0.4) is 0 Å². The first-order valence-electron chi connectivity index (χ1n) is 1.51. The van der Waals surface area contributed by atoms with Crippen molar-refractivity contribution in [1.82, 2.24) is 0 Å². The molecule has 0 fully saturated rings. The summed E-state index contributed by atoms with van der Waals surface area (Å²) in [5.41, 5.74) is 0. The van der Waals surface area contributed by atoms with Gasteiger partial charge in [0.05, 0.1) is 0 Å². The molecule has 0 saturated carbocycles. The number of aliphatic hydroxyl groups excluding tert-OH is 1. The van der Waals surface area contributed by atoms with Gasteiger partial charge in [0, 0.05) is 0 Å². The molecule has 0 aliphatic carbocycles. The van der Waals surface area contributed by atoms with Gasteiger partial charge in [-0.25, -0.2) is 0 Å². The molecule has 0 aromatic rings. The monoisotopic (exact) mass is 139 g/mol. The van der Waals surface area contributed by atoms with E-state index in [9.17, 15) is 0 Å². The van der Waals surface area contributed by atoms with Crippen LogP contribution in [0.25, 0.3) is 0 Å². The van der Waals surface area contributed by atoms with E-state index in [0.717, 1.165) is 6.42 Å². The molecule has 31 valence electrons. The fourth-order valence-corrected chi connectivity index (χ4v) is 0. The molecular weight excluding hydrogens is 131 g/mol. The van der Waals surface area contributed by atoms with E-state index in [0.29, 0.717) is 4.60 Å². The van der Waals surface area contributed by atoms with Crippen molar-refractivity contribution in [2.75, 3.05) is 0 Å². The van der Waals surface area contributed by atoms with E-state index < -0.39 is 0 Å². The molecular formula is C3H7OSe. The van der Waals surface area contributed by atoms with Gasteiger partial charge in [-0.15, -0.1) is 0 Å². The minimum atomic E-state index is 0.442. The Morgan fingerprint density at radius 2 is 2.20 bits per heavy atom. The maximum absolute atomic E-state index is 8.25. The topological polar surface area (TPSA) is 20.2 Å². The van der Waals surface area contributed by atoms with Crippen molar-refractivity contribution in [3.05, 3.63) is 0 Å². The number of hydrogen-bond acceptors (Lipinski definition) is 1. The van der Waals surface area contributed by atoms with E-state index >= 15 is 0 Å². The first-order chi connectivity index (χ1) is 2.27. The summed E-state index contributed by atoms with van der Waals surface area (Å²) in [4.78, 5) is 0. The van der Waals surface area contributed by atoms with E-state index in [-0.39, 0.29) is 0 Å². The predicted octanol–water partition coefficient (Wildman–Crippen LogP) is -0.200. The van der Waals surface area contributed by atoms with Crippen molar-refractivity contribution in [1.29, 1.82) is 0 Å². The zero-order valence-corrected chi connectivity index (χ0v) is 4.98. The summed E-state index contributed by atoms with van der Waals surface area (Å²) in [6, 6.07) is 0. The molecule has 0 aliphatic heterocycles. The van der Waals surface area contributed by atoms with Crippen molar-refractivity contribution < 1.29 is 5.11 Å². The fourth-order valence-electron chi connectivity index (χ4n) is 0. The summed E-state index contributed by atoms with van der Waals surface area (Å²) in [7, 11) is 0. The SMILES string of the molecule is CCC(O)=[SeH]. The van der Waals surface area contributed by atoms with Crippen LogP contribution in [-0.2, 0) is 0 Å². The van der Waals surface area contributed by atoms with Gasteiger partial charge >= 0.3 is 38.6 Å². The van der Waals surface area contributed by atoms with Crippen LogP contribution >= 0.6 is 0 Å². The molecule has 0 heterocycles. The average Bonchev–Trinajstić information content (AvgIpc) is 1.38. The molecule has 0 saturated heterocycles. The Labute approximate surface area is 39.4 Å². The van der Waals surface area contributed by atoms with Crippen LogP contribution in [0.2, 0.25) is 0 Å². The van der Waals surface area contributed by atoms with Gasteiger partial charge in [-0.1, -0.05) is 0 Å². The van der Waals surface area contributed by atoms with Gasteiger partial charge < -0.3 is 0 Å². The second-order valence-corrected chi connectivity index (χ2v) is 1.85. The van der Waals surface area contributed by atoms with Crippen molar-refractivity contribution in [3.63, 3.8) is 0 Å². The number of hydrogen-bond donors (Lipinski definition) is 1. The Kier molecular flexibility index (Phi) is 2.76. The van der Waals surface area contributed by atoms with Crippen molar-refractivity contribution >= 4 is 20.2 Å². The summed E-state index contributed by atoms with van der Waals surface area (Å²) in [5.74, 6) is 0. The molecule has 0 aromatic heterocycles. The van der Waals surface area contributed by atoms with Crippen LogP contribution in [0.4, 0.5) is 0 Å². The minimum absolute atomic E-state index is 0.442.